The number of primary amides is 2. The number of amides is 8. The number of fused-ring (bicyclic) bond motifs is 4. The number of carbonyl (C=O) groups excluding carboxylic acids is 6. The van der Waals surface area contributed by atoms with Crippen LogP contribution in [0.2, 0.25) is 5.02 Å². The molecule has 4 aliphatic heterocycles. The lowest BCUT2D eigenvalue weighted by molar-refractivity contribution is -0.162. The van der Waals surface area contributed by atoms with Crippen molar-refractivity contribution in [3.8, 4) is 0 Å². The van der Waals surface area contributed by atoms with Crippen molar-refractivity contribution in [2.45, 2.75) is 171 Å². The average Bonchev–Trinajstić information content (AvgIpc) is 1.58. The van der Waals surface area contributed by atoms with Gasteiger partial charge in [0.1, 0.15) is 12.2 Å². The summed E-state index contributed by atoms with van der Waals surface area (Å²) in [5, 5.41) is 64.2. The van der Waals surface area contributed by atoms with Gasteiger partial charge in [-0.2, -0.15) is 0 Å². The monoisotopic (exact) mass is 1970 g/mol. The number of hydrogen-bond acceptors (Lipinski definition) is 18. The van der Waals surface area contributed by atoms with Gasteiger partial charge in [-0.3, -0.25) is 34.2 Å². The van der Waals surface area contributed by atoms with Crippen molar-refractivity contribution < 1.29 is 80.7 Å². The van der Waals surface area contributed by atoms with Crippen LogP contribution in [0.15, 0.2) is 296 Å². The maximum absolute atomic E-state index is 12.8. The molecule has 10 aromatic carbocycles. The molecule has 746 valence electrons. The molecule has 4 fully saturated rings. The number of urea groups is 3. The van der Waals surface area contributed by atoms with Gasteiger partial charge in [-0.15, -0.1) is 0 Å². The molecule has 6 aliphatic rings. The number of likely N-dealkylation sites (tertiary alicyclic amines) is 1. The van der Waals surface area contributed by atoms with E-state index in [0.717, 1.165) is 116 Å². The third kappa shape index (κ3) is 31.0. The number of likely N-dealkylation sites (N-methyl/N-ethyl adjacent to an activating group) is 1. The molecule has 14 N–H and O–H groups in total. The number of carbonyl (C=O) groups is 7. The molecule has 0 radical (unpaired) electrons. The van der Waals surface area contributed by atoms with Crippen molar-refractivity contribution in [3.05, 3.63) is 346 Å². The van der Waals surface area contributed by atoms with Gasteiger partial charge in [-0.25, -0.2) is 41.2 Å². The maximum atomic E-state index is 12.8. The van der Waals surface area contributed by atoms with Gasteiger partial charge in [0.2, 0.25) is 31.6 Å². The minimum Gasteiger partial charge on any atom is -0.481 e. The summed E-state index contributed by atoms with van der Waals surface area (Å²) >= 11 is 5.73. The number of sulfonamides is 2. The van der Waals surface area contributed by atoms with Crippen LogP contribution in [0.25, 0.3) is 12.2 Å². The fraction of sp³-hybridized carbons (Fsp3) is 0.355. The van der Waals surface area contributed by atoms with Crippen LogP contribution in [-0.4, -0.2) is 158 Å². The third-order valence-corrected chi connectivity index (χ3v) is 28.6. The Labute approximate surface area is 829 Å². The molecule has 3 saturated heterocycles. The highest BCUT2D eigenvalue weighted by Gasteiger charge is 2.51. The fourth-order valence-electron chi connectivity index (χ4n) is 17.7. The van der Waals surface area contributed by atoms with Crippen LogP contribution >= 0.6 is 11.6 Å². The van der Waals surface area contributed by atoms with Crippen LogP contribution in [0.1, 0.15) is 182 Å². The molecular formula is C110H135ClN10O17S2. The second-order valence-electron chi connectivity index (χ2n) is 35.8. The van der Waals surface area contributed by atoms with E-state index in [4.69, 9.17) is 38.1 Å². The van der Waals surface area contributed by atoms with Crippen LogP contribution in [-0.2, 0) is 72.7 Å². The van der Waals surface area contributed by atoms with Gasteiger partial charge in [0, 0.05) is 24.7 Å². The first-order valence-corrected chi connectivity index (χ1v) is 51.2. The Morgan fingerprint density at radius 3 is 1.50 bits per heavy atom. The first-order valence-electron chi connectivity index (χ1n) is 47.7. The number of nitrogens with zero attached hydrogens (tertiary/aromatic N) is 4. The molecule has 140 heavy (non-hydrogen) atoms. The molecule has 27 nitrogen and oxygen atoms in total. The van der Waals surface area contributed by atoms with Gasteiger partial charge >= 0.3 is 30.0 Å². The maximum Gasteiger partial charge on any atom is 0.347 e. The molecule has 5 atom stereocenters. The number of carboxylic acids is 1. The van der Waals surface area contributed by atoms with E-state index in [1.165, 1.54) is 67.3 Å². The zero-order valence-electron chi connectivity index (χ0n) is 80.8. The number of ether oxygens (including phenoxy) is 1. The van der Waals surface area contributed by atoms with E-state index in [0.29, 0.717) is 64.7 Å². The topological polar surface area (TPSA) is 425 Å². The Morgan fingerprint density at radius 2 is 1.07 bits per heavy atom. The van der Waals surface area contributed by atoms with Gasteiger partial charge in [-0.05, 0) is 228 Å². The van der Waals surface area contributed by atoms with E-state index in [-0.39, 0.29) is 35.5 Å². The minimum atomic E-state index is -3.75. The number of para-hydroxylation sites is 2. The van der Waals surface area contributed by atoms with Crippen molar-refractivity contribution in [1.29, 1.82) is 0 Å². The second-order valence-corrected chi connectivity index (χ2v) is 39.8. The first kappa shape index (κ1) is 111. The standard InChI is InChI=1S/C21H27NO3.C21H29NO.C15H12N2O2.C15H12N2O.C11H15ClO2.C10H14N2O4S2.C9H10N2O2.C8H16O2/c1-3-15-22(4-2)16-17-25-20(23)21(24,18-11-7-5-8-12-18)19-13-9-6-10-14-19;23-21(19-7-3-1-4-8-19,11-14-22-12-5-2-6-13-22)20-16-17-9-10-18(20)15-17;18-13-15(17-14(19)16-13,11-7-3-1-4-8-11)12-9-5-2-6-10-12;16-15(18)17-13-7-3-1-5-11(13)9-10-12-6-2-4-8-14(12)17;1-10(2,13)11(3,14)8-4-6-9(12)7-5-8;11-18(15,16)10-5-3-9(4-6-10)12-7-1-2-8-17(12,13)14;10-9(13)11-8(12)6-7-4-2-1-3-5-7;1-3-5-7(6-4-2)8(9)10/h5-14,24H,3-4,15-17H2,1-2H3;1,3-4,7-10,17-18,20,23H,2,5-6,11-16H2;1-10H,(H2,16,17,18,19);1-10H,(H2,16,18);4-7,13-14H,1-3H3;3-6H,1-2,7-8H2,(H2,11,15,16);1-5H,6H2,(H3,10,11,12,13);7H,3-6H2,1-2H3,(H,9,10). The minimum absolute atomic E-state index is 0.0272. The number of primary sulfonamides is 1. The van der Waals surface area contributed by atoms with Crippen LogP contribution in [0.5, 0.6) is 0 Å². The van der Waals surface area contributed by atoms with Gasteiger partial charge in [-0.1, -0.05) is 313 Å². The Balaban J connectivity index is 0.000000181. The summed E-state index contributed by atoms with van der Waals surface area (Å²) in [4.78, 5) is 86.5. The molecule has 2 bridgehead atoms. The van der Waals surface area contributed by atoms with E-state index in [9.17, 15) is 70.8 Å². The predicted octanol–water partition coefficient (Wildman–Crippen LogP) is 17.6. The zero-order chi connectivity index (χ0) is 102. The molecule has 4 heterocycles. The number of hydrogen-bond donors (Lipinski definition) is 11. The van der Waals surface area contributed by atoms with Gasteiger partial charge in [0.15, 0.2) is 5.54 Å². The molecular weight excluding hydrogens is 1830 g/mol. The highest BCUT2D eigenvalue weighted by Crippen LogP contribution is 2.53. The number of carboxylic acid groups (broad SMARTS) is 1. The van der Waals surface area contributed by atoms with Crippen LogP contribution in [0.4, 0.5) is 31.4 Å². The third-order valence-electron chi connectivity index (χ3n) is 25.5. The number of aliphatic carboxylic acids is 1. The molecule has 2 aliphatic carbocycles. The van der Waals surface area contributed by atoms with E-state index >= 15 is 0 Å². The van der Waals surface area contributed by atoms with Crippen molar-refractivity contribution in [2.24, 2.45) is 40.3 Å². The largest absolute Gasteiger partial charge is 0.481 e. The fourth-order valence-corrected chi connectivity index (χ4v) is 19.9. The summed E-state index contributed by atoms with van der Waals surface area (Å²) in [5.41, 5.74) is 13.4. The van der Waals surface area contributed by atoms with E-state index in [2.05, 4.69) is 76.8 Å². The first-order chi connectivity index (χ1) is 66.8. The number of nitrogens with two attached hydrogens (primary N) is 3. The summed E-state index contributed by atoms with van der Waals surface area (Å²) in [6.45, 7) is 19.6. The molecule has 5 unspecified atom stereocenters. The van der Waals surface area contributed by atoms with Crippen LogP contribution < -0.4 is 41.8 Å². The number of anilines is 3. The molecule has 0 aromatic heterocycles. The molecule has 1 saturated carbocycles. The smallest absolute Gasteiger partial charge is 0.347 e. The number of benzene rings is 10. The molecule has 8 amide bonds. The predicted molar refractivity (Wildman–Crippen MR) is 552 cm³/mol. The summed E-state index contributed by atoms with van der Waals surface area (Å²) in [5.74, 6) is -0.319. The molecule has 10 aromatic rings. The number of piperidine rings is 1. The highest BCUT2D eigenvalue weighted by atomic mass is 35.5. The van der Waals surface area contributed by atoms with Crippen LogP contribution in [0.3, 0.4) is 0 Å². The van der Waals surface area contributed by atoms with Gasteiger partial charge < -0.3 is 56.9 Å². The Kier molecular flexibility index (Phi) is 42.2. The highest BCUT2D eigenvalue weighted by molar-refractivity contribution is 7.92. The lowest BCUT2D eigenvalue weighted by atomic mass is 9.72. The lowest BCUT2D eigenvalue weighted by Gasteiger charge is -2.40. The van der Waals surface area contributed by atoms with E-state index in [1.54, 1.807) is 111 Å². The van der Waals surface area contributed by atoms with E-state index in [1.807, 2.05) is 171 Å². The summed E-state index contributed by atoms with van der Waals surface area (Å²) in [6, 6.07) is 81.9. The number of allylic oxidation sites excluding steroid dienone is 2. The quantitative estimate of drug-likeness (QED) is 0.0129. The van der Waals surface area contributed by atoms with Crippen molar-refractivity contribution in [3.63, 3.8) is 0 Å². The Hall–Kier alpha value is -12.5. The number of rotatable bonds is 27. The van der Waals surface area contributed by atoms with Gasteiger partial charge in [0.05, 0.1) is 51.3 Å². The second kappa shape index (κ2) is 53.2. The van der Waals surface area contributed by atoms with Crippen LogP contribution in [0, 0.1) is 23.7 Å². The summed E-state index contributed by atoms with van der Waals surface area (Å²) in [7, 11) is -7.02. The SMILES string of the molecule is CC(C)(O)C(C)(O)c1ccc(Cl)cc1.CCCC(CCC)C(=O)O.CCCN(CC)CCOC(=O)C(O)(c1ccccc1)c1ccccc1.NC(=O)N1c2ccccc2C=Cc2ccccc21.NC(=O)NC(=O)Cc1ccccc1.NS(=O)(=O)c1ccc(N2CCCCS2(=O)=O)cc1.O=C1NC(=O)C(c2ccccc2)(c2ccccc2)N1.OC(CCN1CCCCC1)(c1ccccc1)C1CC2C=CC1C2. The Bertz CT molecular complexity index is 5790. The van der Waals surface area contributed by atoms with E-state index < -0.39 is 83.9 Å². The summed E-state index contributed by atoms with van der Waals surface area (Å²) < 4.78 is 52.7. The van der Waals surface area contributed by atoms with Crippen molar-refractivity contribution in [1.82, 2.24) is 25.8 Å². The summed E-state index contributed by atoms with van der Waals surface area (Å²) in [6.07, 6.45) is 22.3. The average molecular weight is 1970 g/mol. The lowest BCUT2D eigenvalue weighted by Crippen LogP contribution is -2.44. The zero-order valence-corrected chi connectivity index (χ0v) is 83.2. The number of imide groups is 2. The molecule has 30 heteroatoms. The number of nitrogens with one attached hydrogen (secondary N) is 3. The number of esters is 1. The van der Waals surface area contributed by atoms with Crippen molar-refractivity contribution >= 4 is 103 Å². The Morgan fingerprint density at radius 1 is 0.586 bits per heavy atom. The molecule has 16 rings (SSSR count). The number of aliphatic hydroxyl groups is 4. The number of halogens is 1. The van der Waals surface area contributed by atoms with Gasteiger partial charge in [0.25, 0.3) is 5.91 Å². The molecule has 0 spiro atoms. The normalized spacial score (nSPS) is 17.1. The van der Waals surface area contributed by atoms with Crippen molar-refractivity contribution in [2.75, 3.05) is 67.4 Å².